The number of esters is 1. The number of aromatic nitrogens is 1. The van der Waals surface area contributed by atoms with Gasteiger partial charge in [0.2, 0.25) is 0 Å². The third kappa shape index (κ3) is 5.06. The van der Waals surface area contributed by atoms with Crippen LogP contribution in [0.3, 0.4) is 0 Å². The second kappa shape index (κ2) is 7.61. The molecular formula is C15H23N3O3. The molecule has 0 bridgehead atoms. The van der Waals surface area contributed by atoms with Gasteiger partial charge in [0.1, 0.15) is 11.9 Å². The summed E-state index contributed by atoms with van der Waals surface area (Å²) in [7, 11) is 5.06. The molecule has 0 fully saturated rings. The fraction of sp³-hybridized carbons (Fsp3) is 0.533. The topological polar surface area (TPSA) is 71.5 Å². The summed E-state index contributed by atoms with van der Waals surface area (Å²) in [6.07, 6.45) is 2.02. The fourth-order valence-corrected chi connectivity index (χ4v) is 1.85. The molecule has 1 aromatic heterocycles. The molecule has 1 unspecified atom stereocenters. The highest BCUT2D eigenvalue weighted by molar-refractivity contribution is 5.96. The van der Waals surface area contributed by atoms with E-state index in [4.69, 9.17) is 4.74 Å². The standard InChI is InChI=1S/C15H23N3O3/c1-10(2)8-12(15(20)21-5)17-14(19)11-6-7-13(16-9-11)18(3)4/h6-7,9-10,12H,8H2,1-5H3,(H,17,19). The number of hydrogen-bond acceptors (Lipinski definition) is 5. The van der Waals surface area contributed by atoms with Gasteiger partial charge in [-0.1, -0.05) is 13.8 Å². The van der Waals surface area contributed by atoms with Crippen LogP contribution in [-0.4, -0.2) is 44.1 Å². The third-order valence-corrected chi connectivity index (χ3v) is 2.97. The lowest BCUT2D eigenvalue weighted by atomic mass is 10.0. The number of methoxy groups -OCH3 is 1. The van der Waals surface area contributed by atoms with Crippen molar-refractivity contribution >= 4 is 17.7 Å². The van der Waals surface area contributed by atoms with Gasteiger partial charge in [-0.2, -0.15) is 0 Å². The van der Waals surface area contributed by atoms with Crippen LogP contribution in [0.25, 0.3) is 0 Å². The van der Waals surface area contributed by atoms with Crippen molar-refractivity contribution in [2.24, 2.45) is 5.92 Å². The molecule has 1 amide bonds. The van der Waals surface area contributed by atoms with E-state index in [-0.39, 0.29) is 11.8 Å². The van der Waals surface area contributed by atoms with Crippen molar-refractivity contribution in [3.05, 3.63) is 23.9 Å². The van der Waals surface area contributed by atoms with Gasteiger partial charge in [-0.25, -0.2) is 9.78 Å². The van der Waals surface area contributed by atoms with E-state index in [0.29, 0.717) is 12.0 Å². The Morgan fingerprint density at radius 3 is 2.43 bits per heavy atom. The molecular weight excluding hydrogens is 270 g/mol. The fourth-order valence-electron chi connectivity index (χ4n) is 1.85. The second-order valence-electron chi connectivity index (χ2n) is 5.48. The number of amides is 1. The van der Waals surface area contributed by atoms with Gasteiger partial charge < -0.3 is 15.0 Å². The first-order chi connectivity index (χ1) is 9.85. The molecule has 6 heteroatoms. The van der Waals surface area contributed by atoms with E-state index in [1.165, 1.54) is 13.3 Å². The van der Waals surface area contributed by atoms with Crippen molar-refractivity contribution in [1.29, 1.82) is 0 Å². The lowest BCUT2D eigenvalue weighted by molar-refractivity contribution is -0.143. The van der Waals surface area contributed by atoms with Gasteiger partial charge >= 0.3 is 5.97 Å². The number of pyridine rings is 1. The Bertz CT molecular complexity index is 483. The van der Waals surface area contributed by atoms with Gasteiger partial charge in [0, 0.05) is 20.3 Å². The molecule has 1 N–H and O–H groups in total. The molecule has 0 radical (unpaired) electrons. The van der Waals surface area contributed by atoms with Gasteiger partial charge in [-0.05, 0) is 24.5 Å². The highest BCUT2D eigenvalue weighted by Crippen LogP contribution is 2.10. The Balaban J connectivity index is 2.78. The van der Waals surface area contributed by atoms with E-state index >= 15 is 0 Å². The Hall–Kier alpha value is -2.11. The molecule has 0 saturated heterocycles. The Kier molecular flexibility index (Phi) is 6.14. The van der Waals surface area contributed by atoms with Gasteiger partial charge in [0.25, 0.3) is 5.91 Å². The number of hydrogen-bond donors (Lipinski definition) is 1. The maximum Gasteiger partial charge on any atom is 0.328 e. The summed E-state index contributed by atoms with van der Waals surface area (Å²) in [5, 5.41) is 2.70. The lowest BCUT2D eigenvalue weighted by Gasteiger charge is -2.18. The van der Waals surface area contributed by atoms with E-state index < -0.39 is 12.0 Å². The van der Waals surface area contributed by atoms with E-state index in [1.807, 2.05) is 32.8 Å². The number of carbonyl (C=O) groups is 2. The van der Waals surface area contributed by atoms with Gasteiger partial charge in [0.15, 0.2) is 0 Å². The third-order valence-electron chi connectivity index (χ3n) is 2.97. The summed E-state index contributed by atoms with van der Waals surface area (Å²) >= 11 is 0. The second-order valence-corrected chi connectivity index (χ2v) is 5.48. The molecule has 0 saturated carbocycles. The molecule has 0 aliphatic heterocycles. The normalized spacial score (nSPS) is 11.9. The van der Waals surface area contributed by atoms with Crippen LogP contribution >= 0.6 is 0 Å². The molecule has 0 aliphatic carbocycles. The van der Waals surface area contributed by atoms with Crippen LogP contribution in [0.1, 0.15) is 30.6 Å². The zero-order valence-corrected chi connectivity index (χ0v) is 13.2. The average Bonchev–Trinajstić information content (AvgIpc) is 2.45. The molecule has 1 rings (SSSR count). The number of nitrogens with zero attached hydrogens (tertiary/aromatic N) is 2. The SMILES string of the molecule is COC(=O)C(CC(C)C)NC(=O)c1ccc(N(C)C)nc1. The summed E-state index contributed by atoms with van der Waals surface area (Å²) in [5.41, 5.74) is 0.415. The van der Waals surface area contributed by atoms with Crippen molar-refractivity contribution < 1.29 is 14.3 Å². The molecule has 0 spiro atoms. The summed E-state index contributed by atoms with van der Waals surface area (Å²) in [6.45, 7) is 3.96. The van der Waals surface area contributed by atoms with E-state index in [0.717, 1.165) is 5.82 Å². The minimum Gasteiger partial charge on any atom is -0.467 e. The van der Waals surface area contributed by atoms with Gasteiger partial charge in [-0.15, -0.1) is 0 Å². The predicted octanol–water partition coefficient (Wildman–Crippen LogP) is 1.47. The minimum atomic E-state index is -0.643. The number of ether oxygens (including phenoxy) is 1. The first-order valence-electron chi connectivity index (χ1n) is 6.87. The summed E-state index contributed by atoms with van der Waals surface area (Å²) in [6, 6.07) is 2.79. The Morgan fingerprint density at radius 1 is 1.33 bits per heavy atom. The summed E-state index contributed by atoms with van der Waals surface area (Å²) in [5.74, 6) is 0.265. The van der Waals surface area contributed by atoms with Crippen LogP contribution in [0.5, 0.6) is 0 Å². The van der Waals surface area contributed by atoms with Crippen LogP contribution in [0, 0.1) is 5.92 Å². The highest BCUT2D eigenvalue weighted by atomic mass is 16.5. The van der Waals surface area contributed by atoms with Gasteiger partial charge in [-0.3, -0.25) is 4.79 Å². The zero-order chi connectivity index (χ0) is 16.0. The highest BCUT2D eigenvalue weighted by Gasteiger charge is 2.23. The molecule has 21 heavy (non-hydrogen) atoms. The first-order valence-corrected chi connectivity index (χ1v) is 6.87. The number of rotatable bonds is 6. The van der Waals surface area contributed by atoms with Crippen molar-refractivity contribution in [3.8, 4) is 0 Å². The van der Waals surface area contributed by atoms with Crippen LogP contribution < -0.4 is 10.2 Å². The zero-order valence-electron chi connectivity index (χ0n) is 13.2. The molecule has 0 aromatic carbocycles. The average molecular weight is 293 g/mol. The Morgan fingerprint density at radius 2 is 2.00 bits per heavy atom. The predicted molar refractivity (Wildman–Crippen MR) is 81.3 cm³/mol. The lowest BCUT2D eigenvalue weighted by Crippen LogP contribution is -2.42. The Labute approximate surface area is 125 Å². The quantitative estimate of drug-likeness (QED) is 0.804. The van der Waals surface area contributed by atoms with Crippen LogP contribution in [-0.2, 0) is 9.53 Å². The van der Waals surface area contributed by atoms with Crippen molar-refractivity contribution in [2.75, 3.05) is 26.1 Å². The van der Waals surface area contributed by atoms with Gasteiger partial charge in [0.05, 0.1) is 12.7 Å². The molecule has 0 aliphatic rings. The summed E-state index contributed by atoms with van der Waals surface area (Å²) in [4.78, 5) is 29.9. The number of anilines is 1. The van der Waals surface area contributed by atoms with E-state index in [2.05, 4.69) is 10.3 Å². The monoisotopic (exact) mass is 293 g/mol. The molecule has 1 heterocycles. The summed E-state index contributed by atoms with van der Waals surface area (Å²) < 4.78 is 4.72. The smallest absolute Gasteiger partial charge is 0.328 e. The van der Waals surface area contributed by atoms with Crippen LogP contribution in [0.15, 0.2) is 18.3 Å². The first kappa shape index (κ1) is 16.9. The van der Waals surface area contributed by atoms with Crippen molar-refractivity contribution in [1.82, 2.24) is 10.3 Å². The number of carbonyl (C=O) groups excluding carboxylic acids is 2. The van der Waals surface area contributed by atoms with Crippen LogP contribution in [0.2, 0.25) is 0 Å². The number of nitrogens with one attached hydrogen (secondary N) is 1. The maximum absolute atomic E-state index is 12.2. The van der Waals surface area contributed by atoms with E-state index in [1.54, 1.807) is 12.1 Å². The molecule has 1 atom stereocenters. The largest absolute Gasteiger partial charge is 0.467 e. The van der Waals surface area contributed by atoms with Crippen molar-refractivity contribution in [2.45, 2.75) is 26.3 Å². The molecule has 1 aromatic rings. The molecule has 6 nitrogen and oxygen atoms in total. The van der Waals surface area contributed by atoms with E-state index in [9.17, 15) is 9.59 Å². The maximum atomic E-state index is 12.2. The van der Waals surface area contributed by atoms with Crippen LogP contribution in [0.4, 0.5) is 5.82 Å². The van der Waals surface area contributed by atoms with Crippen molar-refractivity contribution in [3.63, 3.8) is 0 Å². The minimum absolute atomic E-state index is 0.267. The molecule has 116 valence electrons.